The van der Waals surface area contributed by atoms with Crippen molar-refractivity contribution < 1.29 is 19.0 Å². The lowest BCUT2D eigenvalue weighted by molar-refractivity contribution is -0.133. The number of likely N-dealkylation sites (tertiary alicyclic amines) is 1. The van der Waals surface area contributed by atoms with Crippen molar-refractivity contribution in [2.45, 2.75) is 25.0 Å². The van der Waals surface area contributed by atoms with Crippen LogP contribution in [0.25, 0.3) is 0 Å². The summed E-state index contributed by atoms with van der Waals surface area (Å²) in [5, 5.41) is 9.93. The summed E-state index contributed by atoms with van der Waals surface area (Å²) >= 11 is 0. The van der Waals surface area contributed by atoms with Crippen molar-refractivity contribution in [2.75, 3.05) is 13.2 Å². The molecular formula is C19H20FNO3. The monoisotopic (exact) mass is 329 g/mol. The maximum Gasteiger partial charge on any atom is 0.226 e. The molecule has 0 spiro atoms. The Bertz CT molecular complexity index is 692. The van der Waals surface area contributed by atoms with Crippen molar-refractivity contribution in [3.8, 4) is 5.75 Å². The zero-order chi connectivity index (χ0) is 16.9. The molecule has 24 heavy (non-hydrogen) atoms. The van der Waals surface area contributed by atoms with Crippen molar-refractivity contribution in [1.29, 1.82) is 0 Å². The number of carbonyl (C=O) groups is 1. The number of ether oxygens (including phenoxy) is 1. The Morgan fingerprint density at radius 2 is 2.00 bits per heavy atom. The van der Waals surface area contributed by atoms with Gasteiger partial charge in [-0.1, -0.05) is 30.3 Å². The molecule has 0 aromatic heterocycles. The molecule has 0 radical (unpaired) electrons. The van der Waals surface area contributed by atoms with Crippen molar-refractivity contribution in [3.63, 3.8) is 0 Å². The van der Waals surface area contributed by atoms with Crippen molar-refractivity contribution in [1.82, 2.24) is 4.90 Å². The van der Waals surface area contributed by atoms with E-state index in [-0.39, 0.29) is 37.3 Å². The normalized spacial score (nSPS) is 20.2. The van der Waals surface area contributed by atoms with E-state index in [1.807, 2.05) is 30.3 Å². The summed E-state index contributed by atoms with van der Waals surface area (Å²) < 4.78 is 19.0. The van der Waals surface area contributed by atoms with Gasteiger partial charge in [0, 0.05) is 6.54 Å². The molecule has 1 aliphatic rings. The van der Waals surface area contributed by atoms with Gasteiger partial charge < -0.3 is 14.7 Å². The molecule has 3 rings (SSSR count). The van der Waals surface area contributed by atoms with Crippen molar-refractivity contribution in [3.05, 3.63) is 66.0 Å². The fourth-order valence-corrected chi connectivity index (χ4v) is 3.04. The van der Waals surface area contributed by atoms with Crippen LogP contribution in [0.1, 0.15) is 24.4 Å². The fraction of sp³-hybridized carbons (Fsp3) is 0.316. The summed E-state index contributed by atoms with van der Waals surface area (Å²) in [7, 11) is 0. The first-order valence-corrected chi connectivity index (χ1v) is 8.04. The Morgan fingerprint density at radius 1 is 1.21 bits per heavy atom. The summed E-state index contributed by atoms with van der Waals surface area (Å²) in [6.45, 7) is 0.538. The van der Waals surface area contributed by atoms with Gasteiger partial charge in [0.05, 0.1) is 25.2 Å². The maximum absolute atomic E-state index is 13.5. The maximum atomic E-state index is 13.5. The Morgan fingerprint density at radius 3 is 2.75 bits per heavy atom. The molecular weight excluding hydrogens is 309 g/mol. The van der Waals surface area contributed by atoms with Crippen LogP contribution < -0.4 is 4.74 Å². The van der Waals surface area contributed by atoms with Gasteiger partial charge in [0.15, 0.2) is 0 Å². The largest absolute Gasteiger partial charge is 0.493 e. The van der Waals surface area contributed by atoms with E-state index in [1.165, 1.54) is 12.1 Å². The molecule has 5 heteroatoms. The molecule has 126 valence electrons. The lowest BCUT2D eigenvalue weighted by atomic mass is 10.0. The second-order valence-corrected chi connectivity index (χ2v) is 5.92. The van der Waals surface area contributed by atoms with Gasteiger partial charge in [0.2, 0.25) is 5.91 Å². The highest BCUT2D eigenvalue weighted by Gasteiger charge is 2.35. The number of aliphatic hydroxyl groups is 1. The van der Waals surface area contributed by atoms with Crippen LogP contribution in [0.5, 0.6) is 5.75 Å². The van der Waals surface area contributed by atoms with Gasteiger partial charge in [-0.2, -0.15) is 0 Å². The number of amides is 1. The third-order valence-corrected chi connectivity index (χ3v) is 4.16. The SMILES string of the molecule is O=C(CCOc1ccccc1)N1C[C@@H](O)C[C@@H]1c1cccc(F)c1. The molecule has 1 fully saturated rings. The van der Waals surface area contributed by atoms with Crippen LogP contribution in [0.3, 0.4) is 0 Å². The van der Waals surface area contributed by atoms with E-state index >= 15 is 0 Å². The van der Waals surface area contributed by atoms with Crippen molar-refractivity contribution in [2.24, 2.45) is 0 Å². The van der Waals surface area contributed by atoms with Gasteiger partial charge >= 0.3 is 0 Å². The van der Waals surface area contributed by atoms with Crippen LogP contribution in [0, 0.1) is 5.82 Å². The van der Waals surface area contributed by atoms with Crippen LogP contribution in [0.4, 0.5) is 4.39 Å². The molecule has 0 unspecified atom stereocenters. The van der Waals surface area contributed by atoms with Gasteiger partial charge in [-0.05, 0) is 36.2 Å². The van der Waals surface area contributed by atoms with Gasteiger partial charge in [-0.15, -0.1) is 0 Å². The zero-order valence-electron chi connectivity index (χ0n) is 13.3. The molecule has 0 bridgehead atoms. The Kier molecular flexibility index (Phi) is 5.11. The fourth-order valence-electron chi connectivity index (χ4n) is 3.04. The van der Waals surface area contributed by atoms with E-state index in [0.29, 0.717) is 17.7 Å². The number of β-amino-alcohol motifs (C(OH)–C–C–N with tert-alkyl or cyclic N) is 1. The van der Waals surface area contributed by atoms with Gasteiger partial charge in [-0.3, -0.25) is 4.79 Å². The number of para-hydroxylation sites is 1. The molecule has 1 heterocycles. The van der Waals surface area contributed by atoms with E-state index in [9.17, 15) is 14.3 Å². The first-order chi connectivity index (χ1) is 11.6. The van der Waals surface area contributed by atoms with E-state index in [4.69, 9.17) is 4.74 Å². The highest BCUT2D eigenvalue weighted by molar-refractivity contribution is 5.77. The highest BCUT2D eigenvalue weighted by Crippen LogP contribution is 2.32. The van der Waals surface area contributed by atoms with Crippen LogP contribution in [-0.4, -0.2) is 35.2 Å². The third-order valence-electron chi connectivity index (χ3n) is 4.16. The second kappa shape index (κ2) is 7.45. The first-order valence-electron chi connectivity index (χ1n) is 8.04. The third kappa shape index (κ3) is 3.92. The first kappa shape index (κ1) is 16.5. The number of carbonyl (C=O) groups excluding carboxylic acids is 1. The average Bonchev–Trinajstić information content (AvgIpc) is 2.98. The zero-order valence-corrected chi connectivity index (χ0v) is 13.3. The second-order valence-electron chi connectivity index (χ2n) is 5.92. The number of benzene rings is 2. The Labute approximate surface area is 140 Å². The predicted molar refractivity (Wildman–Crippen MR) is 88.0 cm³/mol. The molecule has 1 N–H and O–H groups in total. The van der Waals surface area contributed by atoms with E-state index in [0.717, 1.165) is 0 Å². The smallest absolute Gasteiger partial charge is 0.226 e. The van der Waals surface area contributed by atoms with Gasteiger partial charge in [-0.25, -0.2) is 4.39 Å². The summed E-state index contributed by atoms with van der Waals surface area (Å²) in [5.41, 5.74) is 0.712. The average molecular weight is 329 g/mol. The number of hydrogen-bond donors (Lipinski definition) is 1. The highest BCUT2D eigenvalue weighted by atomic mass is 19.1. The van der Waals surface area contributed by atoms with Crippen LogP contribution in [0.2, 0.25) is 0 Å². The molecule has 1 aliphatic heterocycles. The minimum Gasteiger partial charge on any atom is -0.493 e. The molecule has 2 aromatic carbocycles. The van der Waals surface area contributed by atoms with Crippen molar-refractivity contribution >= 4 is 5.91 Å². The minimum absolute atomic E-state index is 0.100. The summed E-state index contributed by atoms with van der Waals surface area (Å²) in [6.07, 6.45) is 0.0552. The molecule has 1 saturated heterocycles. The number of rotatable bonds is 5. The van der Waals surface area contributed by atoms with Gasteiger partial charge in [0.25, 0.3) is 0 Å². The summed E-state index contributed by atoms with van der Waals surface area (Å²) in [5.74, 6) is 0.277. The van der Waals surface area contributed by atoms with Crippen LogP contribution in [-0.2, 0) is 4.79 Å². The van der Waals surface area contributed by atoms with Crippen LogP contribution >= 0.6 is 0 Å². The summed E-state index contributed by atoms with van der Waals surface area (Å²) in [4.78, 5) is 14.1. The lowest BCUT2D eigenvalue weighted by Gasteiger charge is -2.25. The summed E-state index contributed by atoms with van der Waals surface area (Å²) in [6, 6.07) is 15.2. The number of hydrogen-bond acceptors (Lipinski definition) is 3. The Hall–Kier alpha value is -2.40. The van der Waals surface area contributed by atoms with E-state index < -0.39 is 6.10 Å². The lowest BCUT2D eigenvalue weighted by Crippen LogP contribution is -2.32. The quantitative estimate of drug-likeness (QED) is 0.917. The minimum atomic E-state index is -0.586. The number of halogens is 1. The van der Waals surface area contributed by atoms with Crippen LogP contribution in [0.15, 0.2) is 54.6 Å². The molecule has 2 atom stereocenters. The topological polar surface area (TPSA) is 49.8 Å². The molecule has 2 aromatic rings. The number of aliphatic hydroxyl groups excluding tert-OH is 1. The van der Waals surface area contributed by atoms with E-state index in [2.05, 4.69) is 0 Å². The number of nitrogens with zero attached hydrogens (tertiary/aromatic N) is 1. The molecule has 0 saturated carbocycles. The van der Waals surface area contributed by atoms with Gasteiger partial charge in [0.1, 0.15) is 11.6 Å². The molecule has 0 aliphatic carbocycles. The predicted octanol–water partition coefficient (Wildman–Crippen LogP) is 2.93. The standard InChI is InChI=1S/C19H20FNO3/c20-15-6-4-5-14(11-15)18-12-16(22)13-21(18)19(23)9-10-24-17-7-2-1-3-8-17/h1-8,11,16,18,22H,9-10,12-13H2/t16-,18+/m0/s1. The Balaban J connectivity index is 1.62. The van der Waals surface area contributed by atoms with E-state index in [1.54, 1.807) is 17.0 Å². The molecule has 4 nitrogen and oxygen atoms in total. The molecule has 1 amide bonds.